The van der Waals surface area contributed by atoms with Crippen LogP contribution in [0.1, 0.15) is 36.8 Å². The summed E-state index contributed by atoms with van der Waals surface area (Å²) in [6.45, 7) is 4.74. The second kappa shape index (κ2) is 12.2. The van der Waals surface area contributed by atoms with Gasteiger partial charge in [0.25, 0.3) is 5.56 Å². The van der Waals surface area contributed by atoms with Crippen molar-refractivity contribution < 1.29 is 31.8 Å². The van der Waals surface area contributed by atoms with Crippen molar-refractivity contribution in [3.63, 3.8) is 0 Å². The van der Waals surface area contributed by atoms with Gasteiger partial charge in [0, 0.05) is 25.6 Å². The van der Waals surface area contributed by atoms with Gasteiger partial charge in [-0.3, -0.25) is 14.3 Å². The van der Waals surface area contributed by atoms with Crippen molar-refractivity contribution in [3.8, 4) is 17.0 Å². The Kier molecular flexibility index (Phi) is 8.95. The number of nitrogens with zero attached hydrogens (tertiary/aromatic N) is 3. The summed E-state index contributed by atoms with van der Waals surface area (Å²) in [6, 6.07) is 9.05. The summed E-state index contributed by atoms with van der Waals surface area (Å²) in [5.74, 6) is -2.99. The number of rotatable bonds is 10. The molecule has 1 atom stereocenters. The van der Waals surface area contributed by atoms with E-state index in [1.54, 1.807) is 44.4 Å². The van der Waals surface area contributed by atoms with Gasteiger partial charge < -0.3 is 14.6 Å². The molecule has 2 heterocycles. The Morgan fingerprint density at radius 2 is 1.71 bits per heavy atom. The van der Waals surface area contributed by atoms with Crippen LogP contribution in [-0.4, -0.2) is 47.9 Å². The molecule has 9 nitrogen and oxygen atoms in total. The number of methoxy groups -OCH3 is 1. The van der Waals surface area contributed by atoms with Crippen LogP contribution in [0, 0.1) is 18.6 Å². The van der Waals surface area contributed by atoms with Crippen molar-refractivity contribution in [3.05, 3.63) is 99.9 Å². The van der Waals surface area contributed by atoms with Crippen LogP contribution in [0.15, 0.2) is 75.5 Å². The van der Waals surface area contributed by atoms with Crippen molar-refractivity contribution >= 4 is 9.84 Å². The fourth-order valence-corrected chi connectivity index (χ4v) is 5.77. The maximum Gasteiger partial charge on any atom is 0.277 e. The lowest BCUT2D eigenvalue weighted by atomic mass is 10.0. The Morgan fingerprint density at radius 1 is 1.05 bits per heavy atom. The second-order valence-electron chi connectivity index (χ2n) is 9.61. The molecule has 2 aromatic carbocycles. The average Bonchev–Trinajstić information content (AvgIpc) is 2.90. The summed E-state index contributed by atoms with van der Waals surface area (Å²) < 4.78 is 67.6. The minimum Gasteiger partial charge on any atom is -0.492 e. The second-order valence-corrected chi connectivity index (χ2v) is 11.5. The lowest BCUT2D eigenvalue weighted by Crippen LogP contribution is -2.35. The average molecular weight is 586 g/mol. The molecular formula is C29H29F2N3O6S. The number of ether oxygens (including phenoxy) is 2. The van der Waals surface area contributed by atoms with E-state index in [0.717, 1.165) is 33.4 Å². The number of hydrogen-bond donors (Lipinski definition) is 1. The number of benzene rings is 2. The van der Waals surface area contributed by atoms with Crippen LogP contribution in [0.25, 0.3) is 11.1 Å². The predicted octanol–water partition coefficient (Wildman–Crippen LogP) is 4.59. The summed E-state index contributed by atoms with van der Waals surface area (Å²) >= 11 is 0. The Balaban J connectivity index is 1.91. The Hall–Kier alpha value is -4.00. The molecule has 0 aliphatic rings. The summed E-state index contributed by atoms with van der Waals surface area (Å²) in [5.41, 5.74) is 1.28. The number of halogens is 2. The highest BCUT2D eigenvalue weighted by atomic mass is 32.2. The molecule has 0 saturated carbocycles. The van der Waals surface area contributed by atoms with E-state index in [9.17, 15) is 27.1 Å². The highest BCUT2D eigenvalue weighted by Gasteiger charge is 2.32. The molecule has 12 heteroatoms. The van der Waals surface area contributed by atoms with Gasteiger partial charge >= 0.3 is 0 Å². The molecule has 0 amide bonds. The zero-order chi connectivity index (χ0) is 29.9. The topological polar surface area (TPSA) is 121 Å². The van der Waals surface area contributed by atoms with Gasteiger partial charge in [-0.05, 0) is 73.4 Å². The van der Waals surface area contributed by atoms with Crippen LogP contribution in [0.3, 0.4) is 0 Å². The zero-order valence-corrected chi connectivity index (χ0v) is 23.7. The molecule has 0 saturated heterocycles. The minimum absolute atomic E-state index is 0.00911. The van der Waals surface area contributed by atoms with Crippen LogP contribution in [0.4, 0.5) is 8.78 Å². The Bertz CT molecular complexity index is 1700. The van der Waals surface area contributed by atoms with Crippen LogP contribution in [0.5, 0.6) is 5.88 Å². The third kappa shape index (κ3) is 6.34. The van der Waals surface area contributed by atoms with Crippen molar-refractivity contribution in [2.45, 2.75) is 49.3 Å². The van der Waals surface area contributed by atoms with E-state index in [1.807, 2.05) is 6.92 Å². The standard InChI is InChI=1S/C29H29F2N3O6S/c1-17(2)40-16-26-33-28(35)27(29(36)34(26)25(15-39-4)20-11-21(30)13-22(31)12-20)41(37,38)23-7-5-19(6-8-23)24-9-10-32-14-18(24)3/h5-14,17,25,35H,15-16H2,1-4H3. The molecule has 2 aromatic heterocycles. The van der Waals surface area contributed by atoms with Gasteiger partial charge in [-0.25, -0.2) is 17.2 Å². The molecule has 0 aliphatic carbocycles. The normalized spacial score (nSPS) is 12.6. The first-order valence-corrected chi connectivity index (χ1v) is 14.1. The Labute approximate surface area is 236 Å². The maximum absolute atomic E-state index is 14.2. The summed E-state index contributed by atoms with van der Waals surface area (Å²) in [4.78, 5) is 20.8. The Morgan fingerprint density at radius 3 is 2.29 bits per heavy atom. The molecule has 0 bridgehead atoms. The highest BCUT2D eigenvalue weighted by molar-refractivity contribution is 7.91. The molecular weight excluding hydrogens is 556 g/mol. The molecule has 41 heavy (non-hydrogen) atoms. The van der Waals surface area contributed by atoms with E-state index in [4.69, 9.17) is 9.47 Å². The number of pyridine rings is 1. The van der Waals surface area contributed by atoms with Crippen molar-refractivity contribution in [2.24, 2.45) is 0 Å². The largest absolute Gasteiger partial charge is 0.492 e. The number of sulfone groups is 1. The summed E-state index contributed by atoms with van der Waals surface area (Å²) in [5, 5.41) is 10.8. The van der Waals surface area contributed by atoms with E-state index in [0.29, 0.717) is 6.07 Å². The molecule has 216 valence electrons. The monoisotopic (exact) mass is 585 g/mol. The molecule has 1 unspecified atom stereocenters. The minimum atomic E-state index is -4.61. The molecule has 0 aliphatic heterocycles. The highest BCUT2D eigenvalue weighted by Crippen LogP contribution is 2.30. The fraction of sp³-hybridized carbons (Fsp3) is 0.276. The smallest absolute Gasteiger partial charge is 0.277 e. The predicted molar refractivity (Wildman–Crippen MR) is 146 cm³/mol. The van der Waals surface area contributed by atoms with E-state index in [1.165, 1.54) is 19.2 Å². The first-order valence-electron chi connectivity index (χ1n) is 12.6. The maximum atomic E-state index is 14.2. The molecule has 1 N–H and O–H groups in total. The zero-order valence-electron chi connectivity index (χ0n) is 22.8. The molecule has 4 aromatic rings. The lowest BCUT2D eigenvalue weighted by molar-refractivity contribution is 0.0557. The van der Waals surface area contributed by atoms with Gasteiger partial charge in [-0.1, -0.05) is 12.1 Å². The van der Waals surface area contributed by atoms with Crippen LogP contribution >= 0.6 is 0 Å². The number of aryl methyl sites for hydroxylation is 1. The van der Waals surface area contributed by atoms with Crippen LogP contribution in [0.2, 0.25) is 0 Å². The van der Waals surface area contributed by atoms with Gasteiger partial charge in [0.05, 0.1) is 23.6 Å². The lowest BCUT2D eigenvalue weighted by Gasteiger charge is -2.24. The molecule has 0 spiro atoms. The van der Waals surface area contributed by atoms with Gasteiger partial charge in [0.2, 0.25) is 15.7 Å². The van der Waals surface area contributed by atoms with Crippen molar-refractivity contribution in [1.29, 1.82) is 0 Å². The van der Waals surface area contributed by atoms with Gasteiger partial charge in [0.15, 0.2) is 4.90 Å². The number of hydrogen-bond acceptors (Lipinski definition) is 8. The number of aromatic nitrogens is 3. The number of aromatic hydroxyl groups is 1. The quantitative estimate of drug-likeness (QED) is 0.287. The summed E-state index contributed by atoms with van der Waals surface area (Å²) in [7, 11) is -3.30. The molecule has 0 fully saturated rings. The molecule has 0 radical (unpaired) electrons. The first-order chi connectivity index (χ1) is 19.4. The van der Waals surface area contributed by atoms with Crippen molar-refractivity contribution in [2.75, 3.05) is 13.7 Å². The third-order valence-corrected chi connectivity index (χ3v) is 8.13. The van der Waals surface area contributed by atoms with E-state index in [-0.39, 0.29) is 35.6 Å². The first kappa shape index (κ1) is 30.0. The van der Waals surface area contributed by atoms with Crippen molar-refractivity contribution in [1.82, 2.24) is 14.5 Å². The summed E-state index contributed by atoms with van der Waals surface area (Å²) in [6.07, 6.45) is 2.98. The van der Waals surface area contributed by atoms with E-state index >= 15 is 0 Å². The van der Waals surface area contributed by atoms with E-state index in [2.05, 4.69) is 9.97 Å². The molecule has 4 rings (SSSR count). The van der Waals surface area contributed by atoms with Crippen LogP contribution in [-0.2, 0) is 25.9 Å². The van der Waals surface area contributed by atoms with Gasteiger partial charge in [0.1, 0.15) is 24.1 Å². The van der Waals surface area contributed by atoms with Crippen LogP contribution < -0.4 is 5.56 Å². The SMILES string of the molecule is COCC(c1cc(F)cc(F)c1)n1c(COC(C)C)nc(O)c(S(=O)(=O)c2ccc(-c3ccncc3C)cc2)c1=O. The van der Waals surface area contributed by atoms with E-state index < -0.39 is 43.8 Å². The van der Waals surface area contributed by atoms with Gasteiger partial charge in [-0.2, -0.15) is 4.98 Å². The third-order valence-electron chi connectivity index (χ3n) is 6.35. The fourth-order valence-electron chi connectivity index (χ4n) is 4.42. The van der Waals surface area contributed by atoms with Gasteiger partial charge in [-0.15, -0.1) is 0 Å².